The molecule has 0 spiro atoms. The van der Waals surface area contributed by atoms with Gasteiger partial charge in [-0.25, -0.2) is 0 Å². The molecular weight excluding hydrogens is 280 g/mol. The third-order valence-electron chi connectivity index (χ3n) is 3.30. The summed E-state index contributed by atoms with van der Waals surface area (Å²) in [5.41, 5.74) is 7.19. The summed E-state index contributed by atoms with van der Waals surface area (Å²) in [4.78, 5) is 25.5. The lowest BCUT2D eigenvalue weighted by atomic mass is 10.1. The molecule has 1 atom stereocenters. The van der Waals surface area contributed by atoms with Gasteiger partial charge in [-0.1, -0.05) is 19.1 Å². The Kier molecular flexibility index (Phi) is 7.56. The van der Waals surface area contributed by atoms with Crippen molar-refractivity contribution in [1.29, 1.82) is 0 Å². The molecule has 0 bridgehead atoms. The van der Waals surface area contributed by atoms with Crippen molar-refractivity contribution in [2.24, 2.45) is 5.73 Å². The van der Waals surface area contributed by atoms with E-state index in [-0.39, 0.29) is 11.8 Å². The number of amides is 2. The number of carbonyl (C=O) groups excluding carboxylic acids is 2. The fourth-order valence-electron chi connectivity index (χ4n) is 1.77. The summed E-state index contributed by atoms with van der Waals surface area (Å²) in [6.07, 6.45) is 0.609. The summed E-state index contributed by atoms with van der Waals surface area (Å²) in [7, 11) is 3.92. The van der Waals surface area contributed by atoms with Crippen LogP contribution >= 0.6 is 0 Å². The summed E-state index contributed by atoms with van der Waals surface area (Å²) in [6, 6.07) is 6.71. The van der Waals surface area contributed by atoms with Gasteiger partial charge in [0.2, 0.25) is 5.91 Å². The molecule has 2 amide bonds. The Morgan fingerprint density at radius 1 is 1.18 bits per heavy atom. The average molecular weight is 306 g/mol. The molecule has 0 fully saturated rings. The van der Waals surface area contributed by atoms with Crippen molar-refractivity contribution in [3.05, 3.63) is 35.4 Å². The maximum absolute atomic E-state index is 11.9. The number of likely N-dealkylation sites (N-methyl/N-ethyl adjacent to an activating group) is 1. The Labute approximate surface area is 132 Å². The third-order valence-corrected chi connectivity index (χ3v) is 3.30. The molecule has 1 aromatic rings. The summed E-state index contributed by atoms with van der Waals surface area (Å²) >= 11 is 0. The maximum Gasteiger partial charge on any atom is 0.251 e. The van der Waals surface area contributed by atoms with E-state index < -0.39 is 6.04 Å². The van der Waals surface area contributed by atoms with Crippen LogP contribution in [0.25, 0.3) is 0 Å². The monoisotopic (exact) mass is 306 g/mol. The highest BCUT2D eigenvalue weighted by atomic mass is 16.2. The number of benzene rings is 1. The minimum atomic E-state index is -0.471. The molecule has 0 aliphatic heterocycles. The second kappa shape index (κ2) is 9.17. The van der Waals surface area contributed by atoms with Crippen LogP contribution in [0.1, 0.15) is 29.3 Å². The lowest BCUT2D eigenvalue weighted by Crippen LogP contribution is -2.39. The number of nitrogens with two attached hydrogens (primary N) is 1. The van der Waals surface area contributed by atoms with Crippen LogP contribution in [0, 0.1) is 0 Å². The molecule has 0 unspecified atom stereocenters. The molecule has 1 rings (SSSR count). The van der Waals surface area contributed by atoms with Gasteiger partial charge >= 0.3 is 0 Å². The molecular formula is C16H26N4O2. The van der Waals surface area contributed by atoms with E-state index in [1.54, 1.807) is 12.1 Å². The van der Waals surface area contributed by atoms with E-state index >= 15 is 0 Å². The number of rotatable bonds is 8. The fourth-order valence-corrected chi connectivity index (χ4v) is 1.77. The molecule has 0 saturated heterocycles. The van der Waals surface area contributed by atoms with Crippen LogP contribution in [0.3, 0.4) is 0 Å². The summed E-state index contributed by atoms with van der Waals surface area (Å²) in [5, 5.41) is 5.63. The zero-order valence-corrected chi connectivity index (χ0v) is 13.6. The predicted molar refractivity (Wildman–Crippen MR) is 87.4 cm³/mol. The van der Waals surface area contributed by atoms with Crippen molar-refractivity contribution >= 4 is 11.8 Å². The minimum Gasteiger partial charge on any atom is -0.351 e. The summed E-state index contributed by atoms with van der Waals surface area (Å²) in [6.45, 7) is 3.69. The van der Waals surface area contributed by atoms with Crippen LogP contribution in [0.2, 0.25) is 0 Å². The van der Waals surface area contributed by atoms with Crippen molar-refractivity contribution in [2.75, 3.05) is 27.2 Å². The Hall–Kier alpha value is -1.92. The number of nitrogens with one attached hydrogen (secondary N) is 2. The quantitative estimate of drug-likeness (QED) is 0.646. The van der Waals surface area contributed by atoms with E-state index in [0.29, 0.717) is 25.1 Å². The number of hydrogen-bond acceptors (Lipinski definition) is 4. The normalized spacial score (nSPS) is 12.0. The summed E-state index contributed by atoms with van der Waals surface area (Å²) in [5.74, 6) is -0.251. The molecule has 0 saturated carbocycles. The highest BCUT2D eigenvalue weighted by molar-refractivity contribution is 5.94. The number of hydrogen-bond donors (Lipinski definition) is 3. The molecule has 6 nitrogen and oxygen atoms in total. The molecule has 6 heteroatoms. The van der Waals surface area contributed by atoms with Crippen LogP contribution in [0.5, 0.6) is 0 Å². The molecule has 0 heterocycles. The van der Waals surface area contributed by atoms with E-state index in [9.17, 15) is 9.59 Å². The van der Waals surface area contributed by atoms with Crippen molar-refractivity contribution < 1.29 is 9.59 Å². The zero-order chi connectivity index (χ0) is 16.5. The van der Waals surface area contributed by atoms with Gasteiger partial charge in [0, 0.05) is 25.2 Å². The van der Waals surface area contributed by atoms with Crippen molar-refractivity contribution in [3.8, 4) is 0 Å². The summed E-state index contributed by atoms with van der Waals surface area (Å²) < 4.78 is 0. The van der Waals surface area contributed by atoms with Crippen LogP contribution in [0.4, 0.5) is 0 Å². The first-order chi connectivity index (χ1) is 10.4. The Bertz CT molecular complexity index is 485. The molecule has 0 aromatic heterocycles. The van der Waals surface area contributed by atoms with Gasteiger partial charge in [-0.15, -0.1) is 0 Å². The predicted octanol–water partition coefficient (Wildman–Crippen LogP) is 0.332. The first-order valence-electron chi connectivity index (χ1n) is 7.49. The van der Waals surface area contributed by atoms with Gasteiger partial charge in [0.1, 0.15) is 0 Å². The van der Waals surface area contributed by atoms with Crippen LogP contribution in [-0.4, -0.2) is 49.9 Å². The van der Waals surface area contributed by atoms with Crippen molar-refractivity contribution in [3.63, 3.8) is 0 Å². The van der Waals surface area contributed by atoms with E-state index in [0.717, 1.165) is 12.1 Å². The first-order valence-corrected chi connectivity index (χ1v) is 7.49. The fraction of sp³-hybridized carbons (Fsp3) is 0.500. The van der Waals surface area contributed by atoms with Gasteiger partial charge in [0.15, 0.2) is 0 Å². The van der Waals surface area contributed by atoms with Gasteiger partial charge in [-0.2, -0.15) is 0 Å². The minimum absolute atomic E-state index is 0.0922. The maximum atomic E-state index is 11.9. The van der Waals surface area contributed by atoms with Crippen LogP contribution in [-0.2, 0) is 11.3 Å². The van der Waals surface area contributed by atoms with E-state index in [1.807, 2.05) is 38.1 Å². The lowest BCUT2D eigenvalue weighted by molar-refractivity contribution is -0.122. The first kappa shape index (κ1) is 18.1. The Balaban J connectivity index is 2.45. The highest BCUT2D eigenvalue weighted by Crippen LogP contribution is 2.04. The lowest BCUT2D eigenvalue weighted by Gasteiger charge is -2.11. The van der Waals surface area contributed by atoms with Crippen LogP contribution in [0.15, 0.2) is 24.3 Å². The zero-order valence-electron chi connectivity index (χ0n) is 13.6. The molecule has 1 aromatic carbocycles. The molecule has 4 N–H and O–H groups in total. The van der Waals surface area contributed by atoms with E-state index in [2.05, 4.69) is 10.6 Å². The number of carbonyl (C=O) groups is 2. The Morgan fingerprint density at radius 2 is 1.82 bits per heavy atom. The van der Waals surface area contributed by atoms with Gasteiger partial charge in [-0.05, 0) is 38.2 Å². The average Bonchev–Trinajstić information content (AvgIpc) is 2.51. The molecule has 22 heavy (non-hydrogen) atoms. The molecule has 0 aliphatic carbocycles. The smallest absolute Gasteiger partial charge is 0.251 e. The number of nitrogens with zero attached hydrogens (tertiary/aromatic N) is 1. The second-order valence-electron chi connectivity index (χ2n) is 5.49. The van der Waals surface area contributed by atoms with Gasteiger partial charge in [-0.3, -0.25) is 9.59 Å². The Morgan fingerprint density at radius 3 is 2.36 bits per heavy atom. The SMILES string of the molecule is CC[C@H](N)C(=O)NCc1ccc(C(=O)NCCN(C)C)cc1. The molecule has 0 aliphatic rings. The largest absolute Gasteiger partial charge is 0.351 e. The van der Waals surface area contributed by atoms with E-state index in [1.165, 1.54) is 0 Å². The van der Waals surface area contributed by atoms with Crippen molar-refractivity contribution in [1.82, 2.24) is 15.5 Å². The highest BCUT2D eigenvalue weighted by Gasteiger charge is 2.10. The van der Waals surface area contributed by atoms with Gasteiger partial charge in [0.05, 0.1) is 6.04 Å². The standard InChI is InChI=1S/C16H26N4O2/c1-4-14(17)16(22)19-11-12-5-7-13(8-6-12)15(21)18-9-10-20(2)3/h5-8,14H,4,9-11,17H2,1-3H3,(H,18,21)(H,19,22)/t14-/m0/s1. The van der Waals surface area contributed by atoms with E-state index in [4.69, 9.17) is 5.73 Å². The van der Waals surface area contributed by atoms with Crippen molar-refractivity contribution in [2.45, 2.75) is 25.9 Å². The topological polar surface area (TPSA) is 87.5 Å². The van der Waals surface area contributed by atoms with Crippen LogP contribution < -0.4 is 16.4 Å². The third kappa shape index (κ3) is 6.24. The second-order valence-corrected chi connectivity index (χ2v) is 5.49. The molecule has 122 valence electrons. The molecule has 0 radical (unpaired) electrons. The van der Waals surface area contributed by atoms with Gasteiger partial charge < -0.3 is 21.3 Å². The van der Waals surface area contributed by atoms with Gasteiger partial charge in [0.25, 0.3) is 5.91 Å².